The lowest BCUT2D eigenvalue weighted by atomic mass is 9.70. The zero-order valence-corrected chi connectivity index (χ0v) is 12.7. The molecule has 20 heavy (non-hydrogen) atoms. The first-order valence-electron chi connectivity index (χ1n) is 6.26. The molecule has 0 aromatic heterocycles. The highest BCUT2D eigenvalue weighted by molar-refractivity contribution is 6.42. The van der Waals surface area contributed by atoms with Crippen molar-refractivity contribution in [3.8, 4) is 0 Å². The molecule has 1 fully saturated rings. The van der Waals surface area contributed by atoms with Crippen molar-refractivity contribution in [2.45, 2.75) is 26.7 Å². The number of halogens is 2. The van der Waals surface area contributed by atoms with Gasteiger partial charge < -0.3 is 0 Å². The molecular weight excluding hydrogens is 299 g/mol. The minimum Gasteiger partial charge on any atom is -0.298 e. The number of carbonyl (C=O) groups is 3. The third kappa shape index (κ3) is 2.79. The van der Waals surface area contributed by atoms with Gasteiger partial charge in [-0.2, -0.15) is 0 Å². The quantitative estimate of drug-likeness (QED) is 0.617. The molecule has 106 valence electrons. The second-order valence-electron chi connectivity index (χ2n) is 5.84. The molecule has 1 aliphatic rings. The van der Waals surface area contributed by atoms with Crippen molar-refractivity contribution in [3.05, 3.63) is 33.8 Å². The van der Waals surface area contributed by atoms with E-state index in [1.807, 2.05) is 13.8 Å². The average Bonchev–Trinajstić information content (AvgIpc) is 2.25. The van der Waals surface area contributed by atoms with Gasteiger partial charge in [-0.1, -0.05) is 43.1 Å². The topological polar surface area (TPSA) is 51.2 Å². The molecule has 0 atom stereocenters. The molecule has 2 rings (SSSR count). The van der Waals surface area contributed by atoms with Crippen LogP contribution in [-0.4, -0.2) is 17.3 Å². The van der Waals surface area contributed by atoms with Crippen LogP contribution < -0.4 is 0 Å². The van der Waals surface area contributed by atoms with Gasteiger partial charge in [-0.25, -0.2) is 0 Å². The molecule has 1 saturated carbocycles. The number of rotatable bonds is 2. The summed E-state index contributed by atoms with van der Waals surface area (Å²) in [6, 6.07) is 4.64. The van der Waals surface area contributed by atoms with Crippen molar-refractivity contribution in [3.63, 3.8) is 0 Å². The summed E-state index contributed by atoms with van der Waals surface area (Å²) < 4.78 is 0. The molecule has 5 heteroatoms. The second kappa shape index (κ2) is 5.30. The average molecular weight is 313 g/mol. The molecule has 1 aliphatic carbocycles. The van der Waals surface area contributed by atoms with Gasteiger partial charge in [0.15, 0.2) is 17.3 Å². The van der Waals surface area contributed by atoms with Crippen LogP contribution in [-0.2, 0) is 9.59 Å². The number of Topliss-reactive ketones (excluding diaryl/α,β-unsaturated/α-hetero) is 3. The Kier molecular flexibility index (Phi) is 4.03. The van der Waals surface area contributed by atoms with Crippen LogP contribution in [0.5, 0.6) is 0 Å². The predicted molar refractivity (Wildman–Crippen MR) is 77.3 cm³/mol. The molecule has 1 aromatic rings. The smallest absolute Gasteiger partial charge is 0.183 e. The summed E-state index contributed by atoms with van der Waals surface area (Å²) in [5.41, 5.74) is -0.336. The van der Waals surface area contributed by atoms with Crippen LogP contribution in [0.1, 0.15) is 37.0 Å². The van der Waals surface area contributed by atoms with Crippen molar-refractivity contribution in [1.82, 2.24) is 0 Å². The van der Waals surface area contributed by atoms with Crippen molar-refractivity contribution < 1.29 is 14.4 Å². The monoisotopic (exact) mass is 312 g/mol. The lowest BCUT2D eigenvalue weighted by Gasteiger charge is -2.31. The molecule has 0 unspecified atom stereocenters. The van der Waals surface area contributed by atoms with E-state index < -0.39 is 17.1 Å². The molecule has 0 heterocycles. The minimum absolute atomic E-state index is 0.0576. The van der Waals surface area contributed by atoms with Gasteiger partial charge in [0.2, 0.25) is 0 Å². The Morgan fingerprint density at radius 1 is 1.10 bits per heavy atom. The number of hydrogen-bond donors (Lipinski definition) is 0. The molecular formula is C15H14Cl2O3. The van der Waals surface area contributed by atoms with E-state index in [2.05, 4.69) is 0 Å². The van der Waals surface area contributed by atoms with E-state index in [4.69, 9.17) is 23.2 Å². The second-order valence-corrected chi connectivity index (χ2v) is 6.66. The highest BCUT2D eigenvalue weighted by Crippen LogP contribution is 2.36. The van der Waals surface area contributed by atoms with Crippen molar-refractivity contribution >= 4 is 40.6 Å². The zero-order chi connectivity index (χ0) is 15.1. The van der Waals surface area contributed by atoms with Crippen LogP contribution in [0.2, 0.25) is 10.0 Å². The molecule has 0 spiro atoms. The Morgan fingerprint density at radius 2 is 1.55 bits per heavy atom. The van der Waals surface area contributed by atoms with Gasteiger partial charge in [-0.15, -0.1) is 0 Å². The summed E-state index contributed by atoms with van der Waals surface area (Å²) in [5.74, 6) is -2.56. The fraction of sp³-hybridized carbons (Fsp3) is 0.400. The molecule has 1 aromatic carbocycles. The molecule has 0 N–H and O–H groups in total. The van der Waals surface area contributed by atoms with E-state index in [1.54, 1.807) is 6.07 Å². The van der Waals surface area contributed by atoms with E-state index >= 15 is 0 Å². The van der Waals surface area contributed by atoms with Gasteiger partial charge in [0.05, 0.1) is 15.6 Å². The predicted octanol–water partition coefficient (Wildman–Crippen LogP) is 3.75. The standard InChI is InChI=1S/C15H14Cl2O3/c1-15(2)6-10(18)13(11(19)7-15)14(20)12-8(16)4-3-5-9(12)17/h3-5,13H,6-7H2,1-2H3. The number of benzene rings is 1. The minimum atomic E-state index is -1.26. The van der Waals surface area contributed by atoms with E-state index in [1.165, 1.54) is 12.1 Å². The zero-order valence-electron chi connectivity index (χ0n) is 11.2. The lowest BCUT2D eigenvalue weighted by molar-refractivity contribution is -0.137. The van der Waals surface area contributed by atoms with Crippen LogP contribution in [0.25, 0.3) is 0 Å². The van der Waals surface area contributed by atoms with Crippen LogP contribution >= 0.6 is 23.2 Å². The summed E-state index contributed by atoms with van der Waals surface area (Å²) in [5, 5.41) is 0.320. The molecule has 0 amide bonds. The van der Waals surface area contributed by atoms with E-state index in [9.17, 15) is 14.4 Å². The summed E-state index contributed by atoms with van der Waals surface area (Å²) >= 11 is 11.9. The van der Waals surface area contributed by atoms with E-state index in [0.29, 0.717) is 0 Å². The Hall–Kier alpha value is -1.19. The molecule has 0 saturated heterocycles. The van der Waals surface area contributed by atoms with Gasteiger partial charge in [0, 0.05) is 12.8 Å². The first-order valence-corrected chi connectivity index (χ1v) is 7.02. The van der Waals surface area contributed by atoms with Crippen LogP contribution in [0.4, 0.5) is 0 Å². The Morgan fingerprint density at radius 3 is 2.00 bits per heavy atom. The third-order valence-corrected chi connectivity index (χ3v) is 4.05. The van der Waals surface area contributed by atoms with Crippen LogP contribution in [0.3, 0.4) is 0 Å². The molecule has 3 nitrogen and oxygen atoms in total. The van der Waals surface area contributed by atoms with E-state index in [-0.39, 0.29) is 40.0 Å². The van der Waals surface area contributed by atoms with E-state index in [0.717, 1.165) is 0 Å². The van der Waals surface area contributed by atoms with Gasteiger partial charge in [0.25, 0.3) is 0 Å². The third-order valence-electron chi connectivity index (χ3n) is 3.42. The van der Waals surface area contributed by atoms with Crippen molar-refractivity contribution in [1.29, 1.82) is 0 Å². The maximum absolute atomic E-state index is 12.5. The number of carbonyl (C=O) groups excluding carboxylic acids is 3. The molecule has 0 bridgehead atoms. The number of ketones is 3. The summed E-state index contributed by atoms with van der Waals surface area (Å²) in [7, 11) is 0. The normalized spacial score (nSPS) is 19.2. The first kappa shape index (κ1) is 15.2. The fourth-order valence-electron chi connectivity index (χ4n) is 2.56. The SMILES string of the molecule is CC1(C)CC(=O)C(C(=O)c2c(Cl)cccc2Cl)C(=O)C1. The van der Waals surface area contributed by atoms with Crippen LogP contribution in [0.15, 0.2) is 18.2 Å². The number of hydrogen-bond acceptors (Lipinski definition) is 3. The van der Waals surface area contributed by atoms with Crippen LogP contribution in [0, 0.1) is 11.3 Å². The fourth-order valence-corrected chi connectivity index (χ4v) is 3.14. The highest BCUT2D eigenvalue weighted by atomic mass is 35.5. The maximum Gasteiger partial charge on any atom is 0.183 e. The summed E-state index contributed by atoms with van der Waals surface area (Å²) in [6.07, 6.45) is 0.411. The summed E-state index contributed by atoms with van der Waals surface area (Å²) in [4.78, 5) is 36.7. The van der Waals surface area contributed by atoms with Gasteiger partial charge in [-0.05, 0) is 17.5 Å². The summed E-state index contributed by atoms with van der Waals surface area (Å²) in [6.45, 7) is 3.68. The van der Waals surface area contributed by atoms with Gasteiger partial charge in [-0.3, -0.25) is 14.4 Å². The first-order chi connectivity index (χ1) is 9.23. The Bertz CT molecular complexity index is 565. The van der Waals surface area contributed by atoms with Gasteiger partial charge in [0.1, 0.15) is 5.92 Å². The Labute approximate surface area is 127 Å². The van der Waals surface area contributed by atoms with Crippen molar-refractivity contribution in [2.75, 3.05) is 0 Å². The van der Waals surface area contributed by atoms with Crippen molar-refractivity contribution in [2.24, 2.45) is 11.3 Å². The molecule has 0 aliphatic heterocycles. The lowest BCUT2D eigenvalue weighted by Crippen LogP contribution is -2.42. The Balaban J connectivity index is 2.39. The molecule has 0 radical (unpaired) electrons. The highest BCUT2D eigenvalue weighted by Gasteiger charge is 2.44. The van der Waals surface area contributed by atoms with Gasteiger partial charge >= 0.3 is 0 Å². The maximum atomic E-state index is 12.5. The largest absolute Gasteiger partial charge is 0.298 e.